The second-order valence-electron chi connectivity index (χ2n) is 6.58. The average Bonchev–Trinajstić information content (AvgIpc) is 2.96. The van der Waals surface area contributed by atoms with E-state index in [0.29, 0.717) is 4.91 Å². The molecule has 3 rings (SSSR count). The first kappa shape index (κ1) is 22.2. The number of aryl methyl sites for hydroxylation is 1. The molecule has 1 saturated heterocycles. The van der Waals surface area contributed by atoms with E-state index in [1.54, 1.807) is 6.08 Å². The van der Waals surface area contributed by atoms with Gasteiger partial charge in [-0.2, -0.15) is 0 Å². The molecule has 10 heteroatoms. The maximum atomic E-state index is 12.7. The zero-order valence-electron chi connectivity index (χ0n) is 16.1. The average molecular weight is 457 g/mol. The van der Waals surface area contributed by atoms with Crippen LogP contribution in [0.3, 0.4) is 0 Å². The molecular formula is C21H16N2O6S2. The van der Waals surface area contributed by atoms with Crippen molar-refractivity contribution in [3.05, 3.63) is 69.6 Å². The van der Waals surface area contributed by atoms with Crippen LogP contribution in [-0.4, -0.2) is 49.7 Å². The molecule has 31 heavy (non-hydrogen) atoms. The summed E-state index contributed by atoms with van der Waals surface area (Å²) < 4.78 is 0.213. The van der Waals surface area contributed by atoms with Gasteiger partial charge in [0, 0.05) is 5.69 Å². The Bertz CT molecular complexity index is 1130. The molecule has 1 aliphatic rings. The molecule has 1 fully saturated rings. The number of rotatable bonds is 6. The number of carbonyl (C=O) groups is 4. The molecule has 1 heterocycles. The van der Waals surface area contributed by atoms with Crippen LogP contribution in [0.15, 0.2) is 47.4 Å². The number of thiocarbonyl (C=S) groups is 1. The highest BCUT2D eigenvalue weighted by Crippen LogP contribution is 2.33. The summed E-state index contributed by atoms with van der Waals surface area (Å²) >= 11 is 6.31. The number of thioether (sulfide) groups is 1. The summed E-state index contributed by atoms with van der Waals surface area (Å²) in [4.78, 5) is 49.1. The summed E-state index contributed by atoms with van der Waals surface area (Å²) in [6.07, 6.45) is 1.71. The van der Waals surface area contributed by atoms with Crippen molar-refractivity contribution in [1.82, 2.24) is 4.90 Å². The first-order valence-corrected chi connectivity index (χ1v) is 10.1. The van der Waals surface area contributed by atoms with Crippen LogP contribution < -0.4 is 5.32 Å². The zero-order valence-corrected chi connectivity index (χ0v) is 17.8. The molecule has 158 valence electrons. The predicted octanol–water partition coefficient (Wildman–Crippen LogP) is 3.23. The minimum absolute atomic E-state index is 0.0109. The molecule has 0 spiro atoms. The van der Waals surface area contributed by atoms with Crippen LogP contribution in [0.2, 0.25) is 0 Å². The van der Waals surface area contributed by atoms with E-state index in [4.69, 9.17) is 22.4 Å². The van der Waals surface area contributed by atoms with Gasteiger partial charge in [0.05, 0.1) is 16.0 Å². The number of hydrogen-bond donors (Lipinski definition) is 3. The highest BCUT2D eigenvalue weighted by molar-refractivity contribution is 8.26. The van der Waals surface area contributed by atoms with Gasteiger partial charge < -0.3 is 15.5 Å². The van der Waals surface area contributed by atoms with E-state index in [0.717, 1.165) is 46.0 Å². The van der Waals surface area contributed by atoms with Crippen molar-refractivity contribution in [3.8, 4) is 0 Å². The number of aromatic carboxylic acids is 2. The number of nitrogens with one attached hydrogen (secondary N) is 1. The van der Waals surface area contributed by atoms with E-state index in [1.165, 1.54) is 0 Å². The molecule has 0 radical (unpaired) electrons. The van der Waals surface area contributed by atoms with Crippen molar-refractivity contribution in [1.29, 1.82) is 0 Å². The first-order chi connectivity index (χ1) is 14.7. The molecule has 1 aliphatic heterocycles. The molecule has 2 amide bonds. The van der Waals surface area contributed by atoms with Gasteiger partial charge in [0.15, 0.2) is 0 Å². The maximum absolute atomic E-state index is 12.7. The number of nitrogens with zero attached hydrogens (tertiary/aromatic N) is 1. The van der Waals surface area contributed by atoms with Crippen LogP contribution in [0.5, 0.6) is 0 Å². The molecule has 2 aromatic carbocycles. The Kier molecular flexibility index (Phi) is 6.52. The van der Waals surface area contributed by atoms with Crippen molar-refractivity contribution in [2.75, 3.05) is 11.9 Å². The lowest BCUT2D eigenvalue weighted by molar-refractivity contribution is -0.126. The van der Waals surface area contributed by atoms with Crippen LogP contribution >= 0.6 is 24.0 Å². The summed E-state index contributed by atoms with van der Waals surface area (Å²) in [7, 11) is 0. The van der Waals surface area contributed by atoms with Crippen molar-refractivity contribution in [2.45, 2.75) is 6.92 Å². The van der Waals surface area contributed by atoms with Gasteiger partial charge in [0.25, 0.3) is 5.91 Å². The number of hydrogen-bond acceptors (Lipinski definition) is 6. The molecule has 0 saturated carbocycles. The molecular weight excluding hydrogens is 440 g/mol. The van der Waals surface area contributed by atoms with Gasteiger partial charge >= 0.3 is 11.9 Å². The Labute approximate surface area is 186 Å². The fourth-order valence-electron chi connectivity index (χ4n) is 2.82. The van der Waals surface area contributed by atoms with Crippen LogP contribution in [0.4, 0.5) is 5.69 Å². The summed E-state index contributed by atoms with van der Waals surface area (Å²) in [5.41, 5.74) is 1.25. The van der Waals surface area contributed by atoms with Crippen molar-refractivity contribution in [3.63, 3.8) is 0 Å². The van der Waals surface area contributed by atoms with E-state index in [1.807, 2.05) is 31.2 Å². The Morgan fingerprint density at radius 1 is 1.10 bits per heavy atom. The predicted molar refractivity (Wildman–Crippen MR) is 120 cm³/mol. The highest BCUT2D eigenvalue weighted by Gasteiger charge is 2.33. The van der Waals surface area contributed by atoms with E-state index >= 15 is 0 Å². The summed E-state index contributed by atoms with van der Waals surface area (Å²) in [6.45, 7) is 1.52. The largest absolute Gasteiger partial charge is 0.478 e. The third kappa shape index (κ3) is 5.16. The number of amides is 2. The highest BCUT2D eigenvalue weighted by atomic mass is 32.2. The Balaban J connectivity index is 1.76. The summed E-state index contributed by atoms with van der Waals surface area (Å²) in [6, 6.07) is 10.8. The van der Waals surface area contributed by atoms with Crippen molar-refractivity contribution >= 4 is 63.8 Å². The zero-order chi connectivity index (χ0) is 22.7. The van der Waals surface area contributed by atoms with Crippen molar-refractivity contribution < 1.29 is 29.4 Å². The lowest BCUT2D eigenvalue weighted by Crippen LogP contribution is -2.36. The number of carbonyl (C=O) groups excluding carboxylic acids is 2. The Hall–Kier alpha value is -3.50. The number of carboxylic acid groups (broad SMARTS) is 2. The van der Waals surface area contributed by atoms with Gasteiger partial charge in [-0.05, 0) is 42.3 Å². The fraction of sp³-hybridized carbons (Fsp3) is 0.0952. The quantitative estimate of drug-likeness (QED) is 0.447. The lowest BCUT2D eigenvalue weighted by Gasteiger charge is -2.14. The number of benzene rings is 2. The van der Waals surface area contributed by atoms with E-state index in [-0.39, 0.29) is 21.1 Å². The number of carboxylic acids is 2. The van der Waals surface area contributed by atoms with Crippen LogP contribution in [-0.2, 0) is 9.59 Å². The normalized spacial score (nSPS) is 14.7. The molecule has 0 aromatic heterocycles. The minimum Gasteiger partial charge on any atom is -0.478 e. The second kappa shape index (κ2) is 9.11. The van der Waals surface area contributed by atoms with Gasteiger partial charge in [0.2, 0.25) is 5.91 Å². The third-order valence-electron chi connectivity index (χ3n) is 4.36. The van der Waals surface area contributed by atoms with Gasteiger partial charge in [-0.3, -0.25) is 14.5 Å². The summed E-state index contributed by atoms with van der Waals surface area (Å²) in [5, 5.41) is 20.7. The van der Waals surface area contributed by atoms with Crippen LogP contribution in [0.1, 0.15) is 31.8 Å². The standard InChI is InChI=1S/C21H16N2O6S2/c1-11-4-2-3-5-12(11)9-16-18(25)23(21(30)31-16)10-17(24)22-15-7-13(19(26)27)6-14(8-15)20(28)29/h2-9H,10H2,1H3,(H,22,24)(H,26,27)(H,28,29)/b16-9-. The minimum atomic E-state index is -1.34. The van der Waals surface area contributed by atoms with Gasteiger partial charge in [-0.15, -0.1) is 0 Å². The van der Waals surface area contributed by atoms with Gasteiger partial charge in [-0.1, -0.05) is 48.2 Å². The third-order valence-corrected chi connectivity index (χ3v) is 5.74. The Morgan fingerprint density at radius 3 is 2.29 bits per heavy atom. The molecule has 0 aliphatic carbocycles. The molecule has 0 unspecified atom stereocenters. The Morgan fingerprint density at radius 2 is 1.71 bits per heavy atom. The SMILES string of the molecule is Cc1ccccc1/C=C1\SC(=S)N(CC(=O)Nc2cc(C(=O)O)cc(C(=O)O)c2)C1=O. The van der Waals surface area contributed by atoms with Gasteiger partial charge in [0.1, 0.15) is 10.9 Å². The van der Waals surface area contributed by atoms with Gasteiger partial charge in [-0.25, -0.2) is 9.59 Å². The van der Waals surface area contributed by atoms with E-state index in [2.05, 4.69) is 5.32 Å². The molecule has 0 atom stereocenters. The maximum Gasteiger partial charge on any atom is 0.335 e. The topological polar surface area (TPSA) is 124 Å². The molecule has 2 aromatic rings. The second-order valence-corrected chi connectivity index (χ2v) is 8.26. The fourth-order valence-corrected chi connectivity index (χ4v) is 4.06. The first-order valence-electron chi connectivity index (χ1n) is 8.88. The molecule has 0 bridgehead atoms. The molecule has 8 nitrogen and oxygen atoms in total. The van der Waals surface area contributed by atoms with E-state index < -0.39 is 30.3 Å². The molecule has 3 N–H and O–H groups in total. The van der Waals surface area contributed by atoms with Crippen LogP contribution in [0.25, 0.3) is 6.08 Å². The number of anilines is 1. The van der Waals surface area contributed by atoms with Crippen LogP contribution in [0, 0.1) is 6.92 Å². The van der Waals surface area contributed by atoms with E-state index in [9.17, 15) is 19.2 Å². The smallest absolute Gasteiger partial charge is 0.335 e. The monoisotopic (exact) mass is 456 g/mol. The lowest BCUT2D eigenvalue weighted by atomic mass is 10.1. The van der Waals surface area contributed by atoms with Crippen molar-refractivity contribution in [2.24, 2.45) is 0 Å². The summed E-state index contributed by atoms with van der Waals surface area (Å²) in [5.74, 6) is -3.74.